The molecule has 1 aliphatic heterocycles. The number of esters is 4. The maximum atomic E-state index is 13.2. The van der Waals surface area contributed by atoms with Gasteiger partial charge in [0.15, 0.2) is 0 Å². The van der Waals surface area contributed by atoms with Gasteiger partial charge in [0.25, 0.3) is 0 Å². The van der Waals surface area contributed by atoms with Crippen LogP contribution in [0, 0.1) is 6.92 Å². The predicted molar refractivity (Wildman–Crippen MR) is 113 cm³/mol. The van der Waals surface area contributed by atoms with Crippen molar-refractivity contribution < 1.29 is 38.1 Å². The van der Waals surface area contributed by atoms with Crippen LogP contribution in [-0.4, -0.2) is 55.8 Å². The smallest absolute Gasteiger partial charge is 0.343 e. The van der Waals surface area contributed by atoms with Crippen molar-refractivity contribution in [2.45, 2.75) is 46.2 Å². The van der Waals surface area contributed by atoms with Gasteiger partial charge in [-0.2, -0.15) is 0 Å². The summed E-state index contributed by atoms with van der Waals surface area (Å²) in [6, 6.07) is 6.06. The molecule has 9 nitrogen and oxygen atoms in total. The topological polar surface area (TPSA) is 117 Å². The first-order chi connectivity index (χ1) is 15.3. The van der Waals surface area contributed by atoms with E-state index in [0.717, 1.165) is 5.56 Å². The minimum absolute atomic E-state index is 0.0186. The van der Waals surface area contributed by atoms with Crippen LogP contribution in [0.25, 0.3) is 0 Å². The number of carbonyl (C=O) groups excluding carboxylic acids is 4. The van der Waals surface area contributed by atoms with E-state index in [9.17, 15) is 19.2 Å². The summed E-state index contributed by atoms with van der Waals surface area (Å²) in [6.45, 7) is 7.98. The first-order valence-electron chi connectivity index (χ1n) is 10.6. The molecule has 1 aliphatic rings. The first-order valence-corrected chi connectivity index (χ1v) is 10.6. The van der Waals surface area contributed by atoms with E-state index in [-0.39, 0.29) is 32.0 Å². The van der Waals surface area contributed by atoms with Gasteiger partial charge in [-0.25, -0.2) is 19.2 Å². The molecule has 0 spiro atoms. The largest absolute Gasteiger partial charge is 0.464 e. The van der Waals surface area contributed by atoms with Gasteiger partial charge in [-0.3, -0.25) is 5.32 Å². The highest BCUT2D eigenvalue weighted by molar-refractivity contribution is 6.20. The SMILES string of the molecule is CCOC(=O)C1=C(C(=O)OCC)C(C(=O)OCC)(C(=O)OCC)NC1c1cccc(C)c1. The summed E-state index contributed by atoms with van der Waals surface area (Å²) in [6.07, 6.45) is 0. The van der Waals surface area contributed by atoms with Crippen molar-refractivity contribution in [1.29, 1.82) is 0 Å². The lowest BCUT2D eigenvalue weighted by Crippen LogP contribution is -2.60. The van der Waals surface area contributed by atoms with Crippen molar-refractivity contribution in [1.82, 2.24) is 5.32 Å². The van der Waals surface area contributed by atoms with E-state index in [2.05, 4.69) is 5.32 Å². The zero-order valence-electron chi connectivity index (χ0n) is 19.0. The maximum absolute atomic E-state index is 13.2. The van der Waals surface area contributed by atoms with Crippen LogP contribution >= 0.6 is 0 Å². The molecule has 0 aromatic heterocycles. The van der Waals surface area contributed by atoms with E-state index in [1.54, 1.807) is 45.9 Å². The molecule has 1 atom stereocenters. The monoisotopic (exact) mass is 447 g/mol. The molecule has 1 N–H and O–H groups in total. The Bertz CT molecular complexity index is 902. The van der Waals surface area contributed by atoms with Crippen molar-refractivity contribution in [3.8, 4) is 0 Å². The fourth-order valence-electron chi connectivity index (χ4n) is 3.59. The van der Waals surface area contributed by atoms with E-state index in [4.69, 9.17) is 18.9 Å². The Morgan fingerprint density at radius 2 is 1.38 bits per heavy atom. The number of benzene rings is 1. The van der Waals surface area contributed by atoms with Gasteiger partial charge in [0, 0.05) is 0 Å². The molecule has 1 aromatic rings. The minimum atomic E-state index is -2.39. The van der Waals surface area contributed by atoms with Gasteiger partial charge in [-0.1, -0.05) is 29.8 Å². The van der Waals surface area contributed by atoms with Crippen molar-refractivity contribution in [3.05, 3.63) is 46.5 Å². The van der Waals surface area contributed by atoms with Gasteiger partial charge >= 0.3 is 23.9 Å². The van der Waals surface area contributed by atoms with E-state index in [0.29, 0.717) is 5.56 Å². The third kappa shape index (κ3) is 4.67. The lowest BCUT2D eigenvalue weighted by atomic mass is 9.88. The Labute approximate surface area is 187 Å². The van der Waals surface area contributed by atoms with Crippen LogP contribution in [0.3, 0.4) is 0 Å². The number of nitrogens with one attached hydrogen (secondary N) is 1. The average Bonchev–Trinajstić information content (AvgIpc) is 3.12. The van der Waals surface area contributed by atoms with E-state index in [1.165, 1.54) is 0 Å². The Morgan fingerprint density at radius 3 is 1.88 bits per heavy atom. The highest BCUT2D eigenvalue weighted by Crippen LogP contribution is 2.42. The molecule has 1 heterocycles. The summed E-state index contributed by atoms with van der Waals surface area (Å²) < 4.78 is 20.6. The summed E-state index contributed by atoms with van der Waals surface area (Å²) in [5, 5.41) is 2.87. The van der Waals surface area contributed by atoms with Crippen molar-refractivity contribution >= 4 is 23.9 Å². The molecule has 0 saturated heterocycles. The van der Waals surface area contributed by atoms with Gasteiger partial charge < -0.3 is 18.9 Å². The molecule has 1 unspecified atom stereocenters. The number of rotatable bonds is 9. The molecule has 0 saturated carbocycles. The van der Waals surface area contributed by atoms with Gasteiger partial charge in [0.05, 0.1) is 43.6 Å². The minimum Gasteiger partial charge on any atom is -0.464 e. The quantitative estimate of drug-likeness (QED) is 0.344. The molecule has 0 amide bonds. The Balaban J connectivity index is 2.89. The molecule has 0 fully saturated rings. The number of aryl methyl sites for hydroxylation is 1. The second kappa shape index (κ2) is 10.9. The van der Waals surface area contributed by atoms with E-state index in [1.807, 2.05) is 13.0 Å². The zero-order chi connectivity index (χ0) is 23.9. The molecular formula is C23H29NO8. The number of hydrogen-bond donors (Lipinski definition) is 1. The Kier molecular flexibility index (Phi) is 8.54. The Hall–Kier alpha value is -3.20. The molecule has 0 bridgehead atoms. The van der Waals surface area contributed by atoms with Crippen LogP contribution in [0.2, 0.25) is 0 Å². The normalized spacial score (nSPS) is 17.0. The second-order valence-electron chi connectivity index (χ2n) is 6.91. The molecule has 32 heavy (non-hydrogen) atoms. The summed E-state index contributed by atoms with van der Waals surface area (Å²) in [7, 11) is 0. The van der Waals surface area contributed by atoms with Crippen LogP contribution < -0.4 is 5.32 Å². The highest BCUT2D eigenvalue weighted by atomic mass is 16.6. The number of carbonyl (C=O) groups is 4. The third-order valence-corrected chi connectivity index (χ3v) is 4.81. The first kappa shape index (κ1) is 25.1. The van der Waals surface area contributed by atoms with E-state index >= 15 is 0 Å². The highest BCUT2D eigenvalue weighted by Gasteiger charge is 2.63. The molecule has 9 heteroatoms. The zero-order valence-corrected chi connectivity index (χ0v) is 19.0. The molecule has 2 rings (SSSR count). The van der Waals surface area contributed by atoms with Gasteiger partial charge in [0.2, 0.25) is 5.54 Å². The molecule has 1 aromatic carbocycles. The molecule has 0 radical (unpaired) electrons. The molecule has 0 aliphatic carbocycles. The van der Waals surface area contributed by atoms with Crippen LogP contribution in [0.1, 0.15) is 44.9 Å². The summed E-state index contributed by atoms with van der Waals surface area (Å²) in [4.78, 5) is 52.5. The summed E-state index contributed by atoms with van der Waals surface area (Å²) in [5.74, 6) is -4.01. The van der Waals surface area contributed by atoms with Gasteiger partial charge in [-0.15, -0.1) is 0 Å². The second-order valence-corrected chi connectivity index (χ2v) is 6.91. The van der Waals surface area contributed by atoms with Crippen LogP contribution in [0.15, 0.2) is 35.4 Å². The molecular weight excluding hydrogens is 418 g/mol. The molecule has 174 valence electrons. The van der Waals surface area contributed by atoms with Crippen molar-refractivity contribution in [2.24, 2.45) is 0 Å². The predicted octanol–water partition coefficient (Wildman–Crippen LogP) is 1.93. The van der Waals surface area contributed by atoms with Crippen LogP contribution in [0.4, 0.5) is 0 Å². The van der Waals surface area contributed by atoms with Crippen molar-refractivity contribution in [2.75, 3.05) is 26.4 Å². The summed E-state index contributed by atoms with van der Waals surface area (Å²) >= 11 is 0. The lowest BCUT2D eigenvalue weighted by Gasteiger charge is -2.28. The lowest BCUT2D eigenvalue weighted by molar-refractivity contribution is -0.165. The number of hydrogen-bond acceptors (Lipinski definition) is 9. The van der Waals surface area contributed by atoms with E-state index < -0.39 is 41.0 Å². The number of ether oxygens (including phenoxy) is 4. The fraction of sp³-hybridized carbons (Fsp3) is 0.478. The third-order valence-electron chi connectivity index (χ3n) is 4.81. The Morgan fingerprint density at radius 1 is 0.844 bits per heavy atom. The van der Waals surface area contributed by atoms with Crippen LogP contribution in [-0.2, 0) is 38.1 Å². The average molecular weight is 447 g/mol. The van der Waals surface area contributed by atoms with Gasteiger partial charge in [0.1, 0.15) is 0 Å². The maximum Gasteiger partial charge on any atom is 0.343 e. The summed E-state index contributed by atoms with van der Waals surface area (Å²) in [5.41, 5.74) is -1.66. The van der Waals surface area contributed by atoms with Crippen LogP contribution in [0.5, 0.6) is 0 Å². The van der Waals surface area contributed by atoms with Gasteiger partial charge in [-0.05, 0) is 40.2 Å². The van der Waals surface area contributed by atoms with Crippen molar-refractivity contribution in [3.63, 3.8) is 0 Å². The fourth-order valence-corrected chi connectivity index (χ4v) is 3.59. The standard InChI is InChI=1S/C23H29NO8/c1-6-29-19(25)16-17(20(26)30-7-2)23(21(27)31-8-3,22(28)32-9-4)24-18(16)15-12-10-11-14(5)13-15/h10-13,18,24H,6-9H2,1-5H3.